The van der Waals surface area contributed by atoms with E-state index in [0.29, 0.717) is 11.4 Å². The second kappa shape index (κ2) is 11.6. The Morgan fingerprint density at radius 1 is 1.29 bits per heavy atom. The first kappa shape index (κ1) is 27.2. The number of benzene rings is 1. The predicted molar refractivity (Wildman–Crippen MR) is 134 cm³/mol. The van der Waals surface area contributed by atoms with Crippen molar-refractivity contribution in [3.05, 3.63) is 23.8 Å². The fraction of sp³-hybridized carbons (Fsp3) is 0.667. The van der Waals surface area contributed by atoms with Gasteiger partial charge in [0.2, 0.25) is 10.0 Å². The maximum absolute atomic E-state index is 13.5. The van der Waals surface area contributed by atoms with E-state index >= 15 is 0 Å². The van der Waals surface area contributed by atoms with Crippen LogP contribution in [0.2, 0.25) is 0 Å². The molecule has 10 nitrogen and oxygen atoms in total. The van der Waals surface area contributed by atoms with Crippen molar-refractivity contribution in [2.75, 3.05) is 38.3 Å². The summed E-state index contributed by atoms with van der Waals surface area (Å²) in [5.74, 6) is -0.217. The number of hydrogen-bond acceptors (Lipinski definition) is 6. The largest absolute Gasteiger partial charge is 0.488 e. The van der Waals surface area contributed by atoms with Crippen LogP contribution in [-0.4, -0.2) is 85.9 Å². The normalized spacial score (nSPS) is 22.6. The Labute approximate surface area is 208 Å². The van der Waals surface area contributed by atoms with Crippen LogP contribution >= 0.6 is 0 Å². The molecule has 3 N–H and O–H groups in total. The van der Waals surface area contributed by atoms with Gasteiger partial charge in [-0.05, 0) is 38.0 Å². The highest BCUT2D eigenvalue weighted by Gasteiger charge is 2.34. The summed E-state index contributed by atoms with van der Waals surface area (Å²) < 4.78 is 31.4. The number of amides is 3. The molecule has 1 aliphatic heterocycles. The molecule has 1 aliphatic carbocycles. The van der Waals surface area contributed by atoms with Gasteiger partial charge in [-0.1, -0.05) is 26.2 Å². The third kappa shape index (κ3) is 7.08. The zero-order valence-corrected chi connectivity index (χ0v) is 21.8. The Morgan fingerprint density at radius 3 is 2.60 bits per heavy atom. The van der Waals surface area contributed by atoms with Crippen LogP contribution in [0.25, 0.3) is 0 Å². The molecule has 1 aromatic rings. The highest BCUT2D eigenvalue weighted by molar-refractivity contribution is 7.88. The van der Waals surface area contributed by atoms with E-state index in [4.69, 9.17) is 4.74 Å². The molecule has 3 rings (SSSR count). The number of aliphatic hydroxyl groups is 1. The van der Waals surface area contributed by atoms with E-state index in [2.05, 4.69) is 10.6 Å². The van der Waals surface area contributed by atoms with Gasteiger partial charge in [-0.2, -0.15) is 0 Å². The van der Waals surface area contributed by atoms with Crippen molar-refractivity contribution >= 4 is 27.6 Å². The molecule has 196 valence electrons. The summed E-state index contributed by atoms with van der Waals surface area (Å²) in [7, 11) is -1.94. The van der Waals surface area contributed by atoms with E-state index in [0.717, 1.165) is 31.9 Å². The lowest BCUT2D eigenvalue weighted by atomic mass is 9.96. The van der Waals surface area contributed by atoms with Gasteiger partial charge in [0.25, 0.3) is 5.91 Å². The molecule has 0 saturated heterocycles. The van der Waals surface area contributed by atoms with E-state index in [1.807, 2.05) is 6.92 Å². The highest BCUT2D eigenvalue weighted by atomic mass is 32.2. The molecule has 0 radical (unpaired) electrons. The van der Waals surface area contributed by atoms with Gasteiger partial charge in [-0.15, -0.1) is 0 Å². The number of anilines is 1. The summed E-state index contributed by atoms with van der Waals surface area (Å²) in [6.45, 7) is 3.82. The Bertz CT molecular complexity index is 1010. The molecule has 1 fully saturated rings. The van der Waals surface area contributed by atoms with Crippen LogP contribution in [0.15, 0.2) is 18.2 Å². The van der Waals surface area contributed by atoms with Gasteiger partial charge in [0.15, 0.2) is 0 Å². The number of likely N-dealkylation sites (N-methyl/N-ethyl adjacent to an activating group) is 1. The Hall–Kier alpha value is -2.37. The first-order chi connectivity index (χ1) is 16.5. The predicted octanol–water partition coefficient (Wildman–Crippen LogP) is 2.25. The first-order valence-electron chi connectivity index (χ1n) is 12.2. The molecule has 0 bridgehead atoms. The van der Waals surface area contributed by atoms with Crippen LogP contribution in [0.5, 0.6) is 5.75 Å². The molecular formula is C24H38N4O6S. The molecule has 35 heavy (non-hydrogen) atoms. The maximum Gasteiger partial charge on any atom is 0.319 e. The van der Waals surface area contributed by atoms with Crippen LogP contribution in [0.1, 0.15) is 56.3 Å². The molecule has 1 heterocycles. The molecule has 2 aliphatic rings. The van der Waals surface area contributed by atoms with E-state index in [1.54, 1.807) is 30.0 Å². The topological polar surface area (TPSA) is 128 Å². The summed E-state index contributed by atoms with van der Waals surface area (Å²) in [6, 6.07) is 4.23. The third-order valence-electron chi connectivity index (χ3n) is 6.87. The van der Waals surface area contributed by atoms with Crippen molar-refractivity contribution in [2.24, 2.45) is 5.92 Å². The van der Waals surface area contributed by atoms with Crippen molar-refractivity contribution < 1.29 is 27.9 Å². The summed E-state index contributed by atoms with van der Waals surface area (Å²) in [5.41, 5.74) is 0.698. The number of urea groups is 1. The highest BCUT2D eigenvalue weighted by Crippen LogP contribution is 2.31. The number of nitrogens with one attached hydrogen (secondary N) is 2. The summed E-state index contributed by atoms with van der Waals surface area (Å²) >= 11 is 0. The average molecular weight is 511 g/mol. The van der Waals surface area contributed by atoms with Gasteiger partial charge in [-0.3, -0.25) is 4.79 Å². The van der Waals surface area contributed by atoms with Gasteiger partial charge in [-0.25, -0.2) is 17.5 Å². The number of rotatable bonds is 7. The fourth-order valence-electron chi connectivity index (χ4n) is 4.51. The van der Waals surface area contributed by atoms with Gasteiger partial charge in [0.1, 0.15) is 11.9 Å². The average Bonchev–Trinajstić information content (AvgIpc) is 2.81. The lowest BCUT2D eigenvalue weighted by molar-refractivity contribution is 0.0387. The van der Waals surface area contributed by atoms with Gasteiger partial charge in [0, 0.05) is 31.2 Å². The Morgan fingerprint density at radius 2 is 1.97 bits per heavy atom. The lowest BCUT2D eigenvalue weighted by Crippen LogP contribution is -2.50. The van der Waals surface area contributed by atoms with Crippen molar-refractivity contribution in [1.29, 1.82) is 0 Å². The quantitative estimate of drug-likeness (QED) is 0.516. The number of carbonyl (C=O) groups is 2. The monoisotopic (exact) mass is 510 g/mol. The van der Waals surface area contributed by atoms with Crippen molar-refractivity contribution in [3.63, 3.8) is 0 Å². The van der Waals surface area contributed by atoms with Gasteiger partial charge < -0.3 is 25.4 Å². The van der Waals surface area contributed by atoms with Gasteiger partial charge >= 0.3 is 6.03 Å². The third-order valence-corrected chi connectivity index (χ3v) is 8.15. The van der Waals surface area contributed by atoms with Crippen LogP contribution in [0.4, 0.5) is 10.5 Å². The molecule has 11 heteroatoms. The molecular weight excluding hydrogens is 472 g/mol. The maximum atomic E-state index is 13.5. The molecule has 3 atom stereocenters. The zero-order valence-electron chi connectivity index (χ0n) is 21.0. The summed E-state index contributed by atoms with van der Waals surface area (Å²) in [6.07, 6.45) is 5.91. The SMILES string of the molecule is C[C@H](CO)N1C[C@H](C)[C@H](CN(C)S(C)(=O)=O)Oc2ccc(NC(=O)NC3CCCCC3)cc2C1=O. The lowest BCUT2D eigenvalue weighted by Gasteiger charge is -2.38. The number of carbonyl (C=O) groups excluding carboxylic acids is 2. The smallest absolute Gasteiger partial charge is 0.319 e. The molecule has 1 saturated carbocycles. The second-order valence-corrected chi connectivity index (χ2v) is 11.9. The summed E-state index contributed by atoms with van der Waals surface area (Å²) in [4.78, 5) is 27.6. The van der Waals surface area contributed by atoms with E-state index in [-0.39, 0.29) is 49.2 Å². The van der Waals surface area contributed by atoms with Crippen molar-refractivity contribution in [2.45, 2.75) is 64.1 Å². The molecule has 0 aromatic heterocycles. The van der Waals surface area contributed by atoms with E-state index in [9.17, 15) is 23.1 Å². The van der Waals surface area contributed by atoms with Crippen LogP contribution in [0.3, 0.4) is 0 Å². The Kier molecular flexibility index (Phi) is 9.00. The first-order valence-corrected chi connectivity index (χ1v) is 14.1. The molecule has 3 amide bonds. The fourth-order valence-corrected chi connectivity index (χ4v) is 4.92. The van der Waals surface area contributed by atoms with Crippen LogP contribution in [0, 0.1) is 5.92 Å². The number of aliphatic hydroxyl groups excluding tert-OH is 1. The minimum atomic E-state index is -3.42. The van der Waals surface area contributed by atoms with E-state index in [1.165, 1.54) is 17.8 Å². The van der Waals surface area contributed by atoms with Crippen molar-refractivity contribution in [3.8, 4) is 5.75 Å². The second-order valence-electron chi connectivity index (χ2n) is 9.81. The number of sulfonamides is 1. The zero-order chi connectivity index (χ0) is 25.8. The minimum absolute atomic E-state index is 0.110. The Balaban J connectivity index is 1.87. The number of nitrogens with zero attached hydrogens (tertiary/aromatic N) is 2. The minimum Gasteiger partial charge on any atom is -0.488 e. The molecule has 0 spiro atoms. The number of hydrogen-bond donors (Lipinski definition) is 3. The number of ether oxygens (including phenoxy) is 1. The van der Waals surface area contributed by atoms with Gasteiger partial charge in [0.05, 0.1) is 31.0 Å². The van der Waals surface area contributed by atoms with Crippen LogP contribution < -0.4 is 15.4 Å². The van der Waals surface area contributed by atoms with Crippen molar-refractivity contribution in [1.82, 2.24) is 14.5 Å². The number of fused-ring (bicyclic) bond motifs is 1. The standard InChI is InChI=1S/C24H38N4O6S/c1-16-13-28(17(2)15-29)23(30)20-12-19(26-24(31)25-18-8-6-5-7-9-18)10-11-21(20)34-22(16)14-27(3)35(4,32)33/h10-12,16-18,22,29H,5-9,13-15H2,1-4H3,(H2,25,26,31)/t16-,17+,22-/m0/s1. The summed E-state index contributed by atoms with van der Waals surface area (Å²) in [5, 5.41) is 15.6. The molecule has 0 unspecified atom stereocenters. The molecule has 1 aromatic carbocycles. The van der Waals surface area contributed by atoms with Crippen LogP contribution in [-0.2, 0) is 10.0 Å². The van der Waals surface area contributed by atoms with E-state index < -0.39 is 22.2 Å².